The van der Waals surface area contributed by atoms with Gasteiger partial charge in [-0.1, -0.05) is 53.9 Å². The first-order valence-electron chi connectivity index (χ1n) is 10.2. The van der Waals surface area contributed by atoms with E-state index in [2.05, 4.69) is 15.3 Å². The number of hydrogen-bond donors (Lipinski definition) is 1. The van der Waals surface area contributed by atoms with Crippen LogP contribution in [0, 0.1) is 0 Å². The van der Waals surface area contributed by atoms with E-state index in [1.165, 1.54) is 0 Å². The number of allylic oxidation sites excluding steroid dienone is 1. The van der Waals surface area contributed by atoms with E-state index in [1.54, 1.807) is 31.3 Å². The second-order valence-electron chi connectivity index (χ2n) is 7.20. The van der Waals surface area contributed by atoms with E-state index < -0.39 is 6.04 Å². The minimum Gasteiger partial charge on any atom is -0.424 e. The van der Waals surface area contributed by atoms with E-state index in [-0.39, 0.29) is 12.4 Å². The maximum absolute atomic E-state index is 12.3. The molecule has 1 aromatic heterocycles. The zero-order chi connectivity index (χ0) is 22.7. The van der Waals surface area contributed by atoms with Crippen LogP contribution in [0.15, 0.2) is 59.5 Å². The van der Waals surface area contributed by atoms with Gasteiger partial charge in [-0.3, -0.25) is 9.78 Å². The molecule has 0 saturated carbocycles. The van der Waals surface area contributed by atoms with Gasteiger partial charge in [-0.25, -0.2) is 4.99 Å². The average molecular weight is 489 g/mol. The molecule has 32 heavy (non-hydrogen) atoms. The number of ether oxygens (including phenoxy) is 1. The number of esters is 1. The maximum Gasteiger partial charge on any atom is 0.310 e. The number of aromatic nitrogens is 1. The summed E-state index contributed by atoms with van der Waals surface area (Å²) in [7, 11) is 0. The molecule has 1 unspecified atom stereocenters. The monoisotopic (exact) mass is 487 g/mol. The van der Waals surface area contributed by atoms with Crippen molar-refractivity contribution in [2.45, 2.75) is 32.2 Å². The molecule has 0 saturated heterocycles. The van der Waals surface area contributed by atoms with Crippen molar-refractivity contribution in [2.24, 2.45) is 4.99 Å². The van der Waals surface area contributed by atoms with Gasteiger partial charge in [0.25, 0.3) is 0 Å². The molecule has 0 amide bonds. The number of nitrogens with zero attached hydrogens (tertiary/aromatic N) is 2. The Balaban J connectivity index is 1.97. The quantitative estimate of drug-likeness (QED) is 0.303. The van der Waals surface area contributed by atoms with E-state index in [0.29, 0.717) is 48.7 Å². The van der Waals surface area contributed by atoms with E-state index in [4.69, 9.17) is 39.5 Å². The molecule has 1 aliphatic heterocycles. The Kier molecular flexibility index (Phi) is 6.99. The molecule has 0 radical (unpaired) electrons. The summed E-state index contributed by atoms with van der Waals surface area (Å²) in [4.78, 5) is 21.3. The molecule has 1 aliphatic rings. The van der Waals surface area contributed by atoms with Crippen molar-refractivity contribution in [3.63, 3.8) is 0 Å². The molecule has 8 heteroatoms. The van der Waals surface area contributed by atoms with Crippen LogP contribution in [0.25, 0.3) is 10.9 Å². The highest BCUT2D eigenvalue weighted by Crippen LogP contribution is 2.42. The van der Waals surface area contributed by atoms with Crippen molar-refractivity contribution in [1.82, 2.24) is 10.3 Å². The van der Waals surface area contributed by atoms with E-state index >= 15 is 0 Å². The van der Waals surface area contributed by atoms with Gasteiger partial charge in [0, 0.05) is 29.8 Å². The van der Waals surface area contributed by atoms with Crippen LogP contribution in [-0.4, -0.2) is 17.2 Å². The average Bonchev–Trinajstić information content (AvgIpc) is 2.82. The molecule has 2 aromatic carbocycles. The lowest BCUT2D eigenvalue weighted by Gasteiger charge is -2.26. The van der Waals surface area contributed by atoms with E-state index in [1.807, 2.05) is 30.5 Å². The normalized spacial score (nSPS) is 14.2. The molecule has 2 heterocycles. The Morgan fingerprint density at radius 2 is 1.97 bits per heavy atom. The fourth-order valence-electron chi connectivity index (χ4n) is 3.52. The van der Waals surface area contributed by atoms with Gasteiger partial charge < -0.3 is 10.1 Å². The van der Waals surface area contributed by atoms with Gasteiger partial charge in [0.15, 0.2) is 5.75 Å². The van der Waals surface area contributed by atoms with Gasteiger partial charge in [-0.15, -0.1) is 0 Å². The number of halogens is 3. The van der Waals surface area contributed by atoms with Gasteiger partial charge in [-0.05, 0) is 48.7 Å². The molecule has 0 spiro atoms. The van der Waals surface area contributed by atoms with Crippen molar-refractivity contribution >= 4 is 57.9 Å². The van der Waals surface area contributed by atoms with Gasteiger partial charge >= 0.3 is 5.97 Å². The molecule has 4 rings (SSSR count). The van der Waals surface area contributed by atoms with Crippen LogP contribution in [0.4, 0.5) is 0 Å². The van der Waals surface area contributed by atoms with Crippen LogP contribution in [0.3, 0.4) is 0 Å². The number of pyridine rings is 1. The van der Waals surface area contributed by atoms with Crippen LogP contribution < -0.4 is 10.1 Å². The predicted octanol–water partition coefficient (Wildman–Crippen LogP) is 6.90. The second-order valence-corrected chi connectivity index (χ2v) is 8.40. The number of hydrogen-bond acceptors (Lipinski definition) is 5. The Hall–Kier alpha value is -2.60. The minimum atomic E-state index is -0.550. The minimum absolute atomic E-state index is 0.210. The number of nitrogens with one attached hydrogen (secondary N) is 1. The lowest BCUT2D eigenvalue weighted by atomic mass is 9.95. The highest BCUT2D eigenvalue weighted by molar-refractivity contribution is 6.42. The van der Waals surface area contributed by atoms with Gasteiger partial charge in [0.05, 0.1) is 21.1 Å². The molecule has 0 fully saturated rings. The lowest BCUT2D eigenvalue weighted by molar-refractivity contribution is -0.133. The lowest BCUT2D eigenvalue weighted by Crippen LogP contribution is -2.24. The number of fused-ring (bicyclic) bond motifs is 1. The maximum atomic E-state index is 12.3. The smallest absolute Gasteiger partial charge is 0.310 e. The number of rotatable bonds is 6. The number of aliphatic imine (C=N–C) groups is 1. The highest BCUT2D eigenvalue weighted by Gasteiger charge is 2.27. The molecule has 1 N–H and O–H groups in total. The van der Waals surface area contributed by atoms with Crippen LogP contribution >= 0.6 is 34.8 Å². The fraction of sp³-hybridized carbons (Fsp3) is 0.208. The molecule has 3 aromatic rings. The first-order valence-corrected chi connectivity index (χ1v) is 11.3. The second kappa shape index (κ2) is 9.90. The number of benzene rings is 2. The summed E-state index contributed by atoms with van der Waals surface area (Å²) in [6, 6.07) is 10.2. The third-order valence-electron chi connectivity index (χ3n) is 5.09. The van der Waals surface area contributed by atoms with Crippen LogP contribution in [0.1, 0.15) is 43.4 Å². The van der Waals surface area contributed by atoms with Crippen molar-refractivity contribution < 1.29 is 9.53 Å². The summed E-state index contributed by atoms with van der Waals surface area (Å²) in [6.45, 7) is 1.73. The summed E-state index contributed by atoms with van der Waals surface area (Å²) >= 11 is 19.6. The standard InChI is InChI=1S/C24H20Cl3N3O2/c1-2-20(31)32-24-16(13-18(26)14-8-6-12-29-23(14)24)22(30-19-10-3-4-11-28-19)15-7-5-9-17(25)21(15)27/h5-13,22,30H,2-4H2,1H3. The fourth-order valence-corrected chi connectivity index (χ4v) is 4.21. The summed E-state index contributed by atoms with van der Waals surface area (Å²) in [5, 5.41) is 5.38. The number of carbonyl (C=O) groups excluding carboxylic acids is 1. The van der Waals surface area contributed by atoms with Crippen molar-refractivity contribution in [1.29, 1.82) is 0 Å². The van der Waals surface area contributed by atoms with Gasteiger partial charge in [-0.2, -0.15) is 0 Å². The predicted molar refractivity (Wildman–Crippen MR) is 130 cm³/mol. The van der Waals surface area contributed by atoms with E-state index in [0.717, 1.165) is 12.8 Å². The Bertz CT molecular complexity index is 1240. The SMILES string of the molecule is CCC(=O)Oc1c(C(NC2=CCCC=N2)c2cccc(Cl)c2Cl)cc(Cl)c2cccnc12. The summed E-state index contributed by atoms with van der Waals surface area (Å²) in [5.41, 5.74) is 1.79. The van der Waals surface area contributed by atoms with Gasteiger partial charge in [0.1, 0.15) is 11.3 Å². The zero-order valence-electron chi connectivity index (χ0n) is 17.2. The number of carbonyl (C=O) groups is 1. The van der Waals surface area contributed by atoms with Crippen LogP contribution in [0.2, 0.25) is 15.1 Å². The molecular formula is C24H20Cl3N3O2. The summed E-state index contributed by atoms with van der Waals surface area (Å²) < 4.78 is 5.79. The zero-order valence-corrected chi connectivity index (χ0v) is 19.5. The van der Waals surface area contributed by atoms with Crippen molar-refractivity contribution in [3.05, 3.63) is 80.7 Å². The topological polar surface area (TPSA) is 63.6 Å². The summed E-state index contributed by atoms with van der Waals surface area (Å²) in [6.07, 6.45) is 7.44. The van der Waals surface area contributed by atoms with Crippen molar-refractivity contribution in [2.75, 3.05) is 0 Å². The molecule has 1 atom stereocenters. The van der Waals surface area contributed by atoms with Crippen LogP contribution in [0.5, 0.6) is 5.75 Å². The molecule has 5 nitrogen and oxygen atoms in total. The molecule has 164 valence electrons. The first kappa shape index (κ1) is 22.6. The van der Waals surface area contributed by atoms with E-state index in [9.17, 15) is 4.79 Å². The Labute approximate surface area is 201 Å². The third-order valence-corrected chi connectivity index (χ3v) is 6.23. The first-order chi connectivity index (χ1) is 15.5. The van der Waals surface area contributed by atoms with Crippen molar-refractivity contribution in [3.8, 4) is 5.75 Å². The Morgan fingerprint density at radius 1 is 1.12 bits per heavy atom. The Morgan fingerprint density at radius 3 is 2.72 bits per heavy atom. The molecule has 0 aliphatic carbocycles. The summed E-state index contributed by atoms with van der Waals surface area (Å²) in [5.74, 6) is 0.624. The largest absolute Gasteiger partial charge is 0.424 e. The molecule has 0 bridgehead atoms. The highest BCUT2D eigenvalue weighted by atomic mass is 35.5. The van der Waals surface area contributed by atoms with Crippen LogP contribution in [-0.2, 0) is 4.79 Å². The van der Waals surface area contributed by atoms with Gasteiger partial charge in [0.2, 0.25) is 0 Å². The third kappa shape index (κ3) is 4.60. The molecular weight excluding hydrogens is 469 g/mol.